The highest BCUT2D eigenvalue weighted by Gasteiger charge is 2.62. The van der Waals surface area contributed by atoms with Crippen molar-refractivity contribution in [1.82, 2.24) is 0 Å². The van der Waals surface area contributed by atoms with Gasteiger partial charge in [-0.2, -0.15) is 0 Å². The van der Waals surface area contributed by atoms with Gasteiger partial charge in [-0.25, -0.2) is 0 Å². The van der Waals surface area contributed by atoms with E-state index in [1.807, 2.05) is 13.8 Å². The Labute approximate surface area is 281 Å². The summed E-state index contributed by atoms with van der Waals surface area (Å²) < 4.78 is 39.7. The number of nitrogens with two attached hydrogens (primary N) is 1. The van der Waals surface area contributed by atoms with Crippen molar-refractivity contribution in [3.63, 3.8) is 0 Å². The SMILES string of the molecule is CC[C@]1([C@@H]2O[C@@H]([C@H]3O[C@@](O)(CO)[C@H](C)C[C@@H]3C)C[C@@H]2C)CC[C@H]([C@@]2(C)CC[C@]3(C[C@H](N)[C@@H](C)[C@@H]([C@@H](C)[C@@H](OC)[C@H](C)C(=O)O)O3)O2)O1. The molecule has 0 aliphatic carbocycles. The molecule has 0 amide bonds. The maximum Gasteiger partial charge on any atom is 0.308 e. The third kappa shape index (κ3) is 6.67. The van der Waals surface area contributed by atoms with E-state index in [0.717, 1.165) is 38.5 Å². The second-order valence-corrected chi connectivity index (χ2v) is 16.4. The van der Waals surface area contributed by atoms with Crippen molar-refractivity contribution in [1.29, 1.82) is 0 Å². The predicted molar refractivity (Wildman–Crippen MR) is 174 cm³/mol. The molecule has 0 bridgehead atoms. The normalized spacial score (nSPS) is 50.9. The summed E-state index contributed by atoms with van der Waals surface area (Å²) in [5.41, 5.74) is 5.69. The molecule has 5 aliphatic heterocycles. The smallest absolute Gasteiger partial charge is 0.308 e. The Morgan fingerprint density at radius 3 is 2.36 bits per heavy atom. The van der Waals surface area contributed by atoms with Crippen molar-refractivity contribution in [3.05, 3.63) is 0 Å². The lowest BCUT2D eigenvalue weighted by atomic mass is 9.77. The zero-order valence-electron chi connectivity index (χ0n) is 30.1. The number of carboxylic acids is 1. The van der Waals surface area contributed by atoms with Crippen molar-refractivity contribution >= 4 is 5.97 Å². The van der Waals surface area contributed by atoms with Gasteiger partial charge in [0.2, 0.25) is 0 Å². The number of hydrogen-bond donors (Lipinski definition) is 4. The van der Waals surface area contributed by atoms with Gasteiger partial charge in [-0.3, -0.25) is 4.79 Å². The Morgan fingerprint density at radius 2 is 1.74 bits per heavy atom. The van der Waals surface area contributed by atoms with Gasteiger partial charge < -0.3 is 49.5 Å². The average Bonchev–Trinajstić information content (AvgIpc) is 3.73. The van der Waals surface area contributed by atoms with Gasteiger partial charge in [0.25, 0.3) is 0 Å². The van der Waals surface area contributed by atoms with Crippen LogP contribution in [0.5, 0.6) is 0 Å². The topological polar surface area (TPSA) is 159 Å². The summed E-state index contributed by atoms with van der Waals surface area (Å²) in [4.78, 5) is 11.9. The highest BCUT2D eigenvalue weighted by atomic mass is 16.7. The number of aliphatic carboxylic acids is 1. The van der Waals surface area contributed by atoms with Crippen LogP contribution in [-0.4, -0.2) is 100 Å². The summed E-state index contributed by atoms with van der Waals surface area (Å²) in [6, 6.07) is -0.170. The number of aliphatic hydroxyl groups excluding tert-OH is 1. The molecule has 0 aromatic heterocycles. The van der Waals surface area contributed by atoms with E-state index in [1.165, 1.54) is 0 Å². The molecule has 1 spiro atoms. The van der Waals surface area contributed by atoms with E-state index in [2.05, 4.69) is 34.6 Å². The first-order chi connectivity index (χ1) is 22.0. The van der Waals surface area contributed by atoms with E-state index in [-0.39, 0.29) is 66.2 Å². The van der Waals surface area contributed by atoms with Crippen LogP contribution in [0.3, 0.4) is 0 Å². The lowest BCUT2D eigenvalue weighted by molar-refractivity contribution is -0.327. The molecule has 17 atom stereocenters. The number of hydrogen-bond acceptors (Lipinski definition) is 10. The summed E-state index contributed by atoms with van der Waals surface area (Å²) in [7, 11) is 1.56. The Hall–Kier alpha value is -0.890. The second kappa shape index (κ2) is 13.7. The standard InChI is InChI=1S/C36H63NO10/c1-10-34(31-20(3)16-26(43-31)28-19(2)15-21(4)36(41,18-38)46-28)12-11-27(44-34)33(8)13-14-35(47-33)17-25(37)22(5)30(45-35)23(6)29(42-9)24(7)32(39)40/h19-31,38,41H,10-18,37H2,1-9H3,(H,39,40)/t19-,20-,21+,22+,23-,24-,25-,26+,27+,28-,29+,30-,31+,33+,34+,35+,36-/m0/s1. The number of ether oxygens (including phenoxy) is 6. The van der Waals surface area contributed by atoms with Crippen LogP contribution in [-0.2, 0) is 33.2 Å². The molecular formula is C36H63NO10. The molecule has 5 heterocycles. The Kier molecular flexibility index (Phi) is 10.9. The van der Waals surface area contributed by atoms with Crippen LogP contribution < -0.4 is 5.73 Å². The van der Waals surface area contributed by atoms with Gasteiger partial charge in [0.1, 0.15) is 0 Å². The first kappa shape index (κ1) is 37.4. The molecule has 0 radical (unpaired) electrons. The minimum Gasteiger partial charge on any atom is -0.481 e. The van der Waals surface area contributed by atoms with Gasteiger partial charge in [-0.15, -0.1) is 0 Å². The quantitative estimate of drug-likeness (QED) is 0.264. The molecule has 5 aliphatic rings. The highest BCUT2D eigenvalue weighted by Crippen LogP contribution is 2.54. The van der Waals surface area contributed by atoms with Crippen molar-refractivity contribution in [3.8, 4) is 0 Å². The number of carboxylic acid groups (broad SMARTS) is 1. The minimum atomic E-state index is -1.55. The van der Waals surface area contributed by atoms with Gasteiger partial charge in [-0.05, 0) is 70.1 Å². The highest BCUT2D eigenvalue weighted by molar-refractivity contribution is 5.70. The predicted octanol–water partition coefficient (Wildman–Crippen LogP) is 4.24. The molecule has 0 aromatic carbocycles. The van der Waals surface area contributed by atoms with E-state index in [0.29, 0.717) is 12.8 Å². The summed E-state index contributed by atoms with van der Waals surface area (Å²) in [6.07, 6.45) is 4.39. The van der Waals surface area contributed by atoms with Crippen molar-refractivity contribution < 1.29 is 48.5 Å². The van der Waals surface area contributed by atoms with E-state index in [9.17, 15) is 20.1 Å². The van der Waals surface area contributed by atoms with Crippen molar-refractivity contribution in [2.45, 2.75) is 172 Å². The molecular weight excluding hydrogens is 606 g/mol. The second-order valence-electron chi connectivity index (χ2n) is 16.4. The lowest BCUT2D eigenvalue weighted by Gasteiger charge is -2.49. The van der Waals surface area contributed by atoms with E-state index < -0.39 is 47.4 Å². The van der Waals surface area contributed by atoms with Crippen LogP contribution in [0.15, 0.2) is 0 Å². The molecule has 11 heteroatoms. The van der Waals surface area contributed by atoms with Crippen LogP contribution >= 0.6 is 0 Å². The summed E-state index contributed by atoms with van der Waals surface area (Å²) in [5.74, 6) is -3.98. The van der Waals surface area contributed by atoms with Crippen LogP contribution in [0.1, 0.15) is 107 Å². The first-order valence-electron chi connectivity index (χ1n) is 18.2. The van der Waals surface area contributed by atoms with Crippen molar-refractivity contribution in [2.24, 2.45) is 41.2 Å². The van der Waals surface area contributed by atoms with Gasteiger partial charge in [-0.1, -0.05) is 41.5 Å². The molecule has 0 aromatic rings. The first-order valence-corrected chi connectivity index (χ1v) is 18.2. The fourth-order valence-corrected chi connectivity index (χ4v) is 9.98. The average molecular weight is 670 g/mol. The number of carbonyl (C=O) groups is 1. The van der Waals surface area contributed by atoms with Crippen LogP contribution in [0.2, 0.25) is 0 Å². The van der Waals surface area contributed by atoms with Crippen LogP contribution in [0.25, 0.3) is 0 Å². The van der Waals surface area contributed by atoms with E-state index in [4.69, 9.17) is 34.2 Å². The lowest BCUT2D eigenvalue weighted by Crippen LogP contribution is -2.58. The van der Waals surface area contributed by atoms with Crippen molar-refractivity contribution in [2.75, 3.05) is 13.7 Å². The molecule has 47 heavy (non-hydrogen) atoms. The van der Waals surface area contributed by atoms with Gasteiger partial charge >= 0.3 is 5.97 Å². The summed E-state index contributed by atoms with van der Waals surface area (Å²) in [5, 5.41) is 30.6. The Morgan fingerprint density at radius 1 is 1.04 bits per heavy atom. The minimum absolute atomic E-state index is 0.00147. The van der Waals surface area contributed by atoms with E-state index in [1.54, 1.807) is 14.0 Å². The monoisotopic (exact) mass is 669 g/mol. The van der Waals surface area contributed by atoms with Gasteiger partial charge in [0.15, 0.2) is 11.6 Å². The Balaban J connectivity index is 1.29. The number of rotatable bonds is 10. The molecule has 5 fully saturated rings. The fourth-order valence-electron chi connectivity index (χ4n) is 9.98. The van der Waals surface area contributed by atoms with E-state index >= 15 is 0 Å². The summed E-state index contributed by atoms with van der Waals surface area (Å²) >= 11 is 0. The third-order valence-corrected chi connectivity index (χ3v) is 13.1. The van der Waals surface area contributed by atoms with Crippen LogP contribution in [0, 0.1) is 35.5 Å². The molecule has 5 saturated heterocycles. The largest absolute Gasteiger partial charge is 0.481 e. The Bertz CT molecular complexity index is 1110. The molecule has 5 rings (SSSR count). The third-order valence-electron chi connectivity index (χ3n) is 13.1. The maximum absolute atomic E-state index is 11.9. The number of methoxy groups -OCH3 is 1. The van der Waals surface area contributed by atoms with Gasteiger partial charge in [0, 0.05) is 37.8 Å². The van der Waals surface area contributed by atoms with Gasteiger partial charge in [0.05, 0.1) is 60.4 Å². The molecule has 0 unspecified atom stereocenters. The fraction of sp³-hybridized carbons (Fsp3) is 0.972. The molecule has 11 nitrogen and oxygen atoms in total. The zero-order valence-corrected chi connectivity index (χ0v) is 30.1. The molecule has 272 valence electrons. The summed E-state index contributed by atoms with van der Waals surface area (Å²) in [6.45, 7) is 15.9. The number of aliphatic hydroxyl groups is 2. The molecule has 5 N–H and O–H groups in total. The molecule has 0 saturated carbocycles. The van der Waals surface area contributed by atoms with Crippen LogP contribution in [0.4, 0.5) is 0 Å². The zero-order chi connectivity index (χ0) is 34.7. The maximum atomic E-state index is 11.9.